The number of carbonyl (C=O) groups is 1. The molecule has 1 saturated heterocycles. The largest absolute Gasteiger partial charge is 0.481 e. The molecule has 1 aromatic heterocycles. The molecule has 0 bridgehead atoms. The van der Waals surface area contributed by atoms with Gasteiger partial charge in [-0.3, -0.25) is 9.69 Å². The van der Waals surface area contributed by atoms with Crippen molar-refractivity contribution in [2.45, 2.75) is 32.7 Å². The first kappa shape index (κ1) is 13.9. The maximum Gasteiger partial charge on any atom is 0.303 e. The summed E-state index contributed by atoms with van der Waals surface area (Å²) in [6, 6.07) is 1.93. The highest BCUT2D eigenvalue weighted by atomic mass is 16.4. The smallest absolute Gasteiger partial charge is 0.303 e. The first-order valence-electron chi connectivity index (χ1n) is 6.84. The standard InChI is InChI=1S/C14H21N3O2/c1-11(7-14(18)19)12-3-2-6-17(8-12)9-13-4-5-15-10-16-13/h4-5,10-12H,2-3,6-9H2,1H3,(H,18,19). The van der Waals surface area contributed by atoms with Gasteiger partial charge in [-0.25, -0.2) is 9.97 Å². The molecule has 2 rings (SSSR count). The monoisotopic (exact) mass is 263 g/mol. The van der Waals surface area contributed by atoms with Gasteiger partial charge in [0, 0.05) is 25.7 Å². The SMILES string of the molecule is CC(CC(=O)O)C1CCCN(Cc2ccncn2)C1. The molecule has 104 valence electrons. The Bertz CT molecular complexity index is 410. The molecule has 2 heterocycles. The summed E-state index contributed by atoms with van der Waals surface area (Å²) < 4.78 is 0. The van der Waals surface area contributed by atoms with E-state index in [0.717, 1.165) is 38.2 Å². The quantitative estimate of drug-likeness (QED) is 0.877. The lowest BCUT2D eigenvalue weighted by molar-refractivity contribution is -0.138. The zero-order valence-corrected chi connectivity index (χ0v) is 11.3. The van der Waals surface area contributed by atoms with Crippen molar-refractivity contribution in [1.82, 2.24) is 14.9 Å². The predicted octanol–water partition coefficient (Wildman–Crippen LogP) is 1.80. The van der Waals surface area contributed by atoms with E-state index in [1.165, 1.54) is 0 Å². The van der Waals surface area contributed by atoms with Gasteiger partial charge in [-0.1, -0.05) is 6.92 Å². The van der Waals surface area contributed by atoms with Crippen LogP contribution < -0.4 is 0 Å². The first-order valence-corrected chi connectivity index (χ1v) is 6.84. The number of rotatable bonds is 5. The van der Waals surface area contributed by atoms with E-state index in [-0.39, 0.29) is 12.3 Å². The molecule has 1 aliphatic rings. The van der Waals surface area contributed by atoms with E-state index in [9.17, 15) is 4.79 Å². The van der Waals surface area contributed by atoms with Gasteiger partial charge in [-0.2, -0.15) is 0 Å². The van der Waals surface area contributed by atoms with Crippen LogP contribution in [0.1, 0.15) is 31.9 Å². The molecule has 1 aliphatic heterocycles. The molecule has 0 aromatic carbocycles. The van der Waals surface area contributed by atoms with Crippen LogP contribution in [0.4, 0.5) is 0 Å². The van der Waals surface area contributed by atoms with E-state index < -0.39 is 5.97 Å². The normalized spacial score (nSPS) is 22.1. The number of likely N-dealkylation sites (tertiary alicyclic amines) is 1. The molecule has 0 saturated carbocycles. The minimum absolute atomic E-state index is 0.241. The maximum atomic E-state index is 10.8. The van der Waals surface area contributed by atoms with E-state index in [1.54, 1.807) is 12.5 Å². The van der Waals surface area contributed by atoms with E-state index in [0.29, 0.717) is 5.92 Å². The molecule has 0 amide bonds. The van der Waals surface area contributed by atoms with Gasteiger partial charge in [-0.15, -0.1) is 0 Å². The Morgan fingerprint density at radius 1 is 1.63 bits per heavy atom. The van der Waals surface area contributed by atoms with Crippen molar-refractivity contribution in [3.05, 3.63) is 24.3 Å². The minimum Gasteiger partial charge on any atom is -0.481 e. The molecule has 1 aromatic rings. The lowest BCUT2D eigenvalue weighted by Gasteiger charge is -2.35. The number of carboxylic acids is 1. The fourth-order valence-corrected chi connectivity index (χ4v) is 2.78. The van der Waals surface area contributed by atoms with Gasteiger partial charge in [0.25, 0.3) is 0 Å². The second-order valence-corrected chi connectivity index (χ2v) is 5.41. The van der Waals surface area contributed by atoms with Crippen LogP contribution in [0, 0.1) is 11.8 Å². The number of hydrogen-bond donors (Lipinski definition) is 1. The fraction of sp³-hybridized carbons (Fsp3) is 0.643. The fourth-order valence-electron chi connectivity index (χ4n) is 2.78. The van der Waals surface area contributed by atoms with Crippen LogP contribution in [0.5, 0.6) is 0 Å². The van der Waals surface area contributed by atoms with Crippen molar-refractivity contribution in [1.29, 1.82) is 0 Å². The lowest BCUT2D eigenvalue weighted by Crippen LogP contribution is -2.38. The number of piperidine rings is 1. The molecule has 19 heavy (non-hydrogen) atoms. The Hall–Kier alpha value is -1.49. The maximum absolute atomic E-state index is 10.8. The van der Waals surface area contributed by atoms with Crippen molar-refractivity contribution in [3.63, 3.8) is 0 Å². The molecule has 0 aliphatic carbocycles. The van der Waals surface area contributed by atoms with Gasteiger partial charge in [0.05, 0.1) is 5.69 Å². The number of aromatic nitrogens is 2. The van der Waals surface area contributed by atoms with Crippen molar-refractivity contribution < 1.29 is 9.90 Å². The third kappa shape index (κ3) is 4.28. The molecular formula is C14H21N3O2. The Morgan fingerprint density at radius 2 is 2.47 bits per heavy atom. The summed E-state index contributed by atoms with van der Waals surface area (Å²) in [5.74, 6) is 0.0258. The second kappa shape index (κ2) is 6.61. The van der Waals surface area contributed by atoms with Crippen molar-refractivity contribution in [2.75, 3.05) is 13.1 Å². The molecule has 2 atom stereocenters. The topological polar surface area (TPSA) is 66.3 Å². The second-order valence-electron chi connectivity index (χ2n) is 5.41. The van der Waals surface area contributed by atoms with Crippen LogP contribution in [0.3, 0.4) is 0 Å². The van der Waals surface area contributed by atoms with E-state index in [1.807, 2.05) is 13.0 Å². The third-order valence-corrected chi connectivity index (χ3v) is 3.87. The summed E-state index contributed by atoms with van der Waals surface area (Å²) in [6.07, 6.45) is 5.88. The highest BCUT2D eigenvalue weighted by Crippen LogP contribution is 2.26. The third-order valence-electron chi connectivity index (χ3n) is 3.87. The van der Waals surface area contributed by atoms with Crippen LogP contribution in [0.15, 0.2) is 18.6 Å². The number of nitrogens with zero attached hydrogens (tertiary/aromatic N) is 3. The molecule has 5 heteroatoms. The van der Waals surface area contributed by atoms with Crippen molar-refractivity contribution in [3.8, 4) is 0 Å². The average molecular weight is 263 g/mol. The van der Waals surface area contributed by atoms with Gasteiger partial charge >= 0.3 is 5.97 Å². The zero-order chi connectivity index (χ0) is 13.7. The van der Waals surface area contributed by atoms with Gasteiger partial charge in [-0.05, 0) is 37.3 Å². The molecule has 5 nitrogen and oxygen atoms in total. The Kier molecular flexibility index (Phi) is 4.85. The summed E-state index contributed by atoms with van der Waals surface area (Å²) in [4.78, 5) is 21.3. The molecule has 1 N–H and O–H groups in total. The van der Waals surface area contributed by atoms with Crippen LogP contribution in [-0.4, -0.2) is 39.0 Å². The van der Waals surface area contributed by atoms with Crippen LogP contribution in [0.25, 0.3) is 0 Å². The summed E-state index contributed by atoms with van der Waals surface area (Å²) in [5.41, 5.74) is 1.03. The summed E-state index contributed by atoms with van der Waals surface area (Å²) in [7, 11) is 0. The number of carboxylic acid groups (broad SMARTS) is 1. The van der Waals surface area contributed by atoms with Gasteiger partial charge < -0.3 is 5.11 Å². The van der Waals surface area contributed by atoms with E-state index in [2.05, 4.69) is 14.9 Å². The van der Waals surface area contributed by atoms with Gasteiger partial charge in [0.2, 0.25) is 0 Å². The Balaban J connectivity index is 1.88. The number of hydrogen-bond acceptors (Lipinski definition) is 4. The highest BCUT2D eigenvalue weighted by molar-refractivity contribution is 5.67. The summed E-state index contributed by atoms with van der Waals surface area (Å²) >= 11 is 0. The summed E-state index contributed by atoms with van der Waals surface area (Å²) in [5, 5.41) is 8.89. The number of aliphatic carboxylic acids is 1. The van der Waals surface area contributed by atoms with Gasteiger partial charge in [0.1, 0.15) is 6.33 Å². The van der Waals surface area contributed by atoms with E-state index >= 15 is 0 Å². The van der Waals surface area contributed by atoms with Crippen molar-refractivity contribution >= 4 is 5.97 Å². The molecule has 0 spiro atoms. The molecule has 1 fully saturated rings. The Labute approximate surface area is 113 Å². The van der Waals surface area contributed by atoms with Gasteiger partial charge in [0.15, 0.2) is 0 Å². The summed E-state index contributed by atoms with van der Waals surface area (Å²) in [6.45, 7) is 4.92. The highest BCUT2D eigenvalue weighted by Gasteiger charge is 2.26. The van der Waals surface area contributed by atoms with Crippen LogP contribution in [0.2, 0.25) is 0 Å². The Morgan fingerprint density at radius 3 is 3.16 bits per heavy atom. The van der Waals surface area contributed by atoms with Crippen molar-refractivity contribution in [2.24, 2.45) is 11.8 Å². The average Bonchev–Trinajstić information content (AvgIpc) is 2.39. The molecule has 0 radical (unpaired) electrons. The molecule has 2 unspecified atom stereocenters. The van der Waals surface area contributed by atoms with E-state index in [4.69, 9.17) is 5.11 Å². The first-order chi connectivity index (χ1) is 9.15. The van der Waals surface area contributed by atoms with Crippen LogP contribution >= 0.6 is 0 Å². The minimum atomic E-state index is -0.694. The predicted molar refractivity (Wildman–Crippen MR) is 71.4 cm³/mol. The lowest BCUT2D eigenvalue weighted by atomic mass is 9.84. The molecular weight excluding hydrogens is 242 g/mol. The van der Waals surface area contributed by atoms with Crippen LogP contribution in [-0.2, 0) is 11.3 Å². The zero-order valence-electron chi connectivity index (χ0n) is 11.3.